The van der Waals surface area contributed by atoms with Gasteiger partial charge in [-0.3, -0.25) is 14.9 Å². The number of hydrogen-bond donors (Lipinski definition) is 3. The molecule has 88 valence electrons. The van der Waals surface area contributed by atoms with Crippen LogP contribution in [0, 0.1) is 0 Å². The fraction of sp³-hybridized carbons (Fsp3) is 0.182. The molecule has 0 spiro atoms. The highest BCUT2D eigenvalue weighted by Crippen LogP contribution is 2.24. The van der Waals surface area contributed by atoms with E-state index in [-0.39, 0.29) is 5.56 Å². The Morgan fingerprint density at radius 1 is 1.35 bits per heavy atom. The molecule has 1 heterocycles. The lowest BCUT2D eigenvalue weighted by atomic mass is 9.91. The van der Waals surface area contributed by atoms with E-state index in [0.717, 1.165) is 0 Å². The van der Waals surface area contributed by atoms with E-state index >= 15 is 0 Å². The molecule has 6 nitrogen and oxygen atoms in total. The first-order chi connectivity index (χ1) is 7.93. The minimum atomic E-state index is -1.16. The summed E-state index contributed by atoms with van der Waals surface area (Å²) in [6.07, 6.45) is 0. The van der Waals surface area contributed by atoms with Gasteiger partial charge >= 0.3 is 6.03 Å². The Bertz CT molecular complexity index is 526. The van der Waals surface area contributed by atoms with Gasteiger partial charge in [-0.1, -0.05) is 12.1 Å². The van der Waals surface area contributed by atoms with Crippen LogP contribution in [0.15, 0.2) is 24.3 Å². The zero-order valence-electron chi connectivity index (χ0n) is 9.11. The molecular weight excluding hydrogens is 222 g/mol. The van der Waals surface area contributed by atoms with Gasteiger partial charge in [0.25, 0.3) is 5.91 Å². The number of imide groups is 1. The first-order valence-electron chi connectivity index (χ1n) is 4.97. The Morgan fingerprint density at radius 3 is 2.59 bits per heavy atom. The minimum Gasteiger partial charge on any atom is -0.366 e. The van der Waals surface area contributed by atoms with Crippen LogP contribution >= 0.6 is 0 Å². The van der Waals surface area contributed by atoms with E-state index in [9.17, 15) is 14.4 Å². The average molecular weight is 233 g/mol. The van der Waals surface area contributed by atoms with Crippen molar-refractivity contribution in [2.45, 2.75) is 12.5 Å². The Hall–Kier alpha value is -2.37. The van der Waals surface area contributed by atoms with Crippen LogP contribution in [0.1, 0.15) is 22.8 Å². The highest BCUT2D eigenvalue weighted by Gasteiger charge is 2.43. The normalized spacial score (nSPS) is 23.1. The van der Waals surface area contributed by atoms with Gasteiger partial charge in [-0.05, 0) is 24.6 Å². The van der Waals surface area contributed by atoms with Crippen LogP contribution in [0.5, 0.6) is 0 Å². The van der Waals surface area contributed by atoms with Gasteiger partial charge in [0.2, 0.25) is 5.91 Å². The number of urea groups is 1. The third-order valence-corrected chi connectivity index (χ3v) is 2.77. The lowest BCUT2D eigenvalue weighted by Gasteiger charge is -2.21. The Morgan fingerprint density at radius 2 is 2.06 bits per heavy atom. The van der Waals surface area contributed by atoms with Crippen molar-refractivity contribution in [3.05, 3.63) is 35.4 Å². The predicted molar refractivity (Wildman–Crippen MR) is 59.0 cm³/mol. The fourth-order valence-electron chi connectivity index (χ4n) is 1.73. The largest absolute Gasteiger partial charge is 0.366 e. The van der Waals surface area contributed by atoms with E-state index in [1.165, 1.54) is 6.07 Å². The van der Waals surface area contributed by atoms with Crippen LogP contribution in [-0.2, 0) is 10.3 Å². The van der Waals surface area contributed by atoms with Crippen molar-refractivity contribution in [1.29, 1.82) is 0 Å². The van der Waals surface area contributed by atoms with Gasteiger partial charge in [-0.2, -0.15) is 0 Å². The van der Waals surface area contributed by atoms with Gasteiger partial charge in [0, 0.05) is 5.56 Å². The van der Waals surface area contributed by atoms with E-state index in [4.69, 9.17) is 5.73 Å². The number of carbonyl (C=O) groups is 3. The highest BCUT2D eigenvalue weighted by atomic mass is 16.2. The zero-order chi connectivity index (χ0) is 12.6. The molecule has 1 saturated heterocycles. The smallest absolute Gasteiger partial charge is 0.322 e. The number of carbonyl (C=O) groups excluding carboxylic acids is 3. The van der Waals surface area contributed by atoms with Gasteiger partial charge in [0.05, 0.1) is 0 Å². The Balaban J connectivity index is 2.47. The number of hydrogen-bond acceptors (Lipinski definition) is 3. The Labute approximate surface area is 97.2 Å². The number of primary amides is 1. The van der Waals surface area contributed by atoms with E-state index in [0.29, 0.717) is 5.56 Å². The van der Waals surface area contributed by atoms with Crippen LogP contribution in [0.3, 0.4) is 0 Å². The molecule has 0 radical (unpaired) electrons. The zero-order valence-corrected chi connectivity index (χ0v) is 9.11. The summed E-state index contributed by atoms with van der Waals surface area (Å²) in [4.78, 5) is 33.9. The molecular formula is C11H11N3O3. The molecule has 0 aromatic heterocycles. The number of nitrogens with one attached hydrogen (secondary N) is 2. The maximum atomic E-state index is 11.7. The molecule has 1 aromatic carbocycles. The molecule has 1 fully saturated rings. The molecule has 0 unspecified atom stereocenters. The molecule has 1 aliphatic heterocycles. The molecule has 4 amide bonds. The number of amides is 4. The second-order valence-corrected chi connectivity index (χ2v) is 3.98. The average Bonchev–Trinajstić information content (AvgIpc) is 2.54. The maximum Gasteiger partial charge on any atom is 0.322 e. The van der Waals surface area contributed by atoms with Crippen molar-refractivity contribution in [1.82, 2.24) is 10.6 Å². The summed E-state index contributed by atoms with van der Waals surface area (Å²) < 4.78 is 0. The summed E-state index contributed by atoms with van der Waals surface area (Å²) >= 11 is 0. The van der Waals surface area contributed by atoms with E-state index in [1.54, 1.807) is 25.1 Å². The summed E-state index contributed by atoms with van der Waals surface area (Å²) in [6.45, 7) is 1.56. The van der Waals surface area contributed by atoms with Gasteiger partial charge in [-0.15, -0.1) is 0 Å². The van der Waals surface area contributed by atoms with Crippen LogP contribution in [0.4, 0.5) is 4.79 Å². The number of nitrogens with two attached hydrogens (primary N) is 1. The number of benzene rings is 1. The van der Waals surface area contributed by atoms with Crippen molar-refractivity contribution < 1.29 is 14.4 Å². The first kappa shape index (κ1) is 11.1. The molecule has 2 rings (SSSR count). The van der Waals surface area contributed by atoms with Gasteiger partial charge < -0.3 is 11.1 Å². The molecule has 1 aliphatic rings. The summed E-state index contributed by atoms with van der Waals surface area (Å²) in [5, 5.41) is 4.66. The summed E-state index contributed by atoms with van der Waals surface area (Å²) in [5.74, 6) is -1.04. The van der Waals surface area contributed by atoms with E-state index in [1.807, 2.05) is 0 Å². The lowest BCUT2D eigenvalue weighted by molar-refractivity contribution is -0.123. The van der Waals surface area contributed by atoms with Crippen LogP contribution in [0.25, 0.3) is 0 Å². The van der Waals surface area contributed by atoms with E-state index < -0.39 is 23.4 Å². The fourth-order valence-corrected chi connectivity index (χ4v) is 1.73. The standard InChI is InChI=1S/C11H11N3O3/c1-11(9(16)13-10(17)14-11)7-4-2-3-6(5-7)8(12)15/h2-5H,1H3,(H2,12,15)(H2,13,14,16,17)/t11-/m1/s1. The lowest BCUT2D eigenvalue weighted by Crippen LogP contribution is -2.40. The third kappa shape index (κ3) is 1.73. The monoisotopic (exact) mass is 233 g/mol. The molecule has 0 bridgehead atoms. The number of rotatable bonds is 2. The molecule has 17 heavy (non-hydrogen) atoms. The molecule has 4 N–H and O–H groups in total. The predicted octanol–water partition coefficient (Wildman–Crippen LogP) is -0.160. The molecule has 1 aromatic rings. The van der Waals surface area contributed by atoms with Crippen molar-refractivity contribution in [3.8, 4) is 0 Å². The molecule has 0 saturated carbocycles. The summed E-state index contributed by atoms with van der Waals surface area (Å²) in [7, 11) is 0. The van der Waals surface area contributed by atoms with Crippen LogP contribution in [-0.4, -0.2) is 17.8 Å². The second kappa shape index (κ2) is 3.58. The van der Waals surface area contributed by atoms with Crippen LogP contribution < -0.4 is 16.4 Å². The maximum absolute atomic E-state index is 11.7. The topological polar surface area (TPSA) is 101 Å². The van der Waals surface area contributed by atoms with Gasteiger partial charge in [0.1, 0.15) is 5.54 Å². The molecule has 0 aliphatic carbocycles. The van der Waals surface area contributed by atoms with Gasteiger partial charge in [0.15, 0.2) is 0 Å². The van der Waals surface area contributed by atoms with Crippen molar-refractivity contribution in [2.75, 3.05) is 0 Å². The van der Waals surface area contributed by atoms with Gasteiger partial charge in [-0.25, -0.2) is 4.79 Å². The summed E-state index contributed by atoms with van der Waals surface area (Å²) in [6, 6.07) is 5.75. The third-order valence-electron chi connectivity index (χ3n) is 2.77. The van der Waals surface area contributed by atoms with Crippen molar-refractivity contribution in [2.24, 2.45) is 5.73 Å². The van der Waals surface area contributed by atoms with E-state index in [2.05, 4.69) is 10.6 Å². The first-order valence-corrected chi connectivity index (χ1v) is 4.97. The minimum absolute atomic E-state index is 0.290. The quantitative estimate of drug-likeness (QED) is 0.618. The Kier molecular flexibility index (Phi) is 2.35. The molecule has 6 heteroatoms. The van der Waals surface area contributed by atoms with Crippen molar-refractivity contribution >= 4 is 17.8 Å². The second-order valence-electron chi connectivity index (χ2n) is 3.98. The molecule has 1 atom stereocenters. The highest BCUT2D eigenvalue weighted by molar-refractivity contribution is 6.07. The van der Waals surface area contributed by atoms with Crippen molar-refractivity contribution in [3.63, 3.8) is 0 Å². The van der Waals surface area contributed by atoms with Crippen LogP contribution in [0.2, 0.25) is 0 Å². The SMILES string of the molecule is C[C@]1(c2cccc(C(N)=O)c2)NC(=O)NC1=O. The summed E-state index contributed by atoms with van der Waals surface area (Å²) in [5.41, 5.74) is 4.80.